The van der Waals surface area contributed by atoms with Crippen LogP contribution in [0.5, 0.6) is 0 Å². The van der Waals surface area contributed by atoms with Crippen molar-refractivity contribution in [3.8, 4) is 6.07 Å². The van der Waals surface area contributed by atoms with Gasteiger partial charge in [-0.15, -0.1) is 0 Å². The summed E-state index contributed by atoms with van der Waals surface area (Å²) in [5.74, 6) is 0. The van der Waals surface area contributed by atoms with E-state index in [9.17, 15) is 13.2 Å². The summed E-state index contributed by atoms with van der Waals surface area (Å²) in [6.07, 6.45) is -3.85. The molecule has 0 aliphatic rings. The molecule has 1 N–H and O–H groups in total. The zero-order chi connectivity index (χ0) is 13.7. The number of hydrogen-bond acceptors (Lipinski definition) is 3. The largest absolute Gasteiger partial charge is 0.401 e. The maximum atomic E-state index is 12.3. The van der Waals surface area contributed by atoms with Gasteiger partial charge < -0.3 is 5.32 Å². The molecule has 0 heterocycles. The molecule has 0 rings (SSSR count). The molecule has 0 saturated carbocycles. The molecule has 0 aliphatic carbocycles. The number of halogens is 3. The predicted octanol–water partition coefficient (Wildman–Crippen LogP) is 2.15. The molecule has 0 aromatic carbocycles. The molecule has 1 atom stereocenters. The van der Waals surface area contributed by atoms with Crippen LogP contribution in [-0.4, -0.2) is 42.8 Å². The maximum absolute atomic E-state index is 12.3. The molecule has 0 amide bonds. The third-order valence-electron chi connectivity index (χ3n) is 2.81. The van der Waals surface area contributed by atoms with Crippen LogP contribution in [0.2, 0.25) is 0 Å². The van der Waals surface area contributed by atoms with E-state index in [1.165, 1.54) is 4.90 Å². The first-order chi connectivity index (χ1) is 7.63. The molecule has 0 saturated heterocycles. The first kappa shape index (κ1) is 16.2. The quantitative estimate of drug-likeness (QED) is 0.786. The van der Waals surface area contributed by atoms with Gasteiger partial charge in [-0.3, -0.25) is 4.90 Å². The fourth-order valence-corrected chi connectivity index (χ4v) is 1.35. The number of nitriles is 1. The zero-order valence-electron chi connectivity index (χ0n) is 10.7. The van der Waals surface area contributed by atoms with Crippen LogP contribution in [0.1, 0.15) is 27.2 Å². The highest BCUT2D eigenvalue weighted by atomic mass is 19.4. The second-order valence-corrected chi connectivity index (χ2v) is 4.62. The summed E-state index contributed by atoms with van der Waals surface area (Å²) in [6, 6.07) is 1.87. The molecule has 6 heteroatoms. The highest BCUT2D eigenvalue weighted by Crippen LogP contribution is 2.19. The lowest BCUT2D eigenvalue weighted by Crippen LogP contribution is -2.45. The summed E-state index contributed by atoms with van der Waals surface area (Å²) in [5.41, 5.74) is -0.779. The highest BCUT2D eigenvalue weighted by Gasteiger charge is 2.32. The van der Waals surface area contributed by atoms with E-state index in [-0.39, 0.29) is 12.6 Å². The lowest BCUT2D eigenvalue weighted by Gasteiger charge is -2.30. The number of alkyl halides is 3. The minimum atomic E-state index is -4.20. The number of nitrogens with one attached hydrogen (secondary N) is 1. The Morgan fingerprint density at radius 2 is 1.88 bits per heavy atom. The number of nitrogens with zero attached hydrogens (tertiary/aromatic N) is 2. The second kappa shape index (κ2) is 6.22. The standard InChI is InChI=1S/C11H20F3N3/c1-9(2)17(8-11(12,13)14)6-5-10(3,7-15)16-4/h9,16H,5-6,8H2,1-4H3. The summed E-state index contributed by atoms with van der Waals surface area (Å²) in [5, 5.41) is 11.7. The minimum absolute atomic E-state index is 0.198. The minimum Gasteiger partial charge on any atom is -0.303 e. The number of rotatable bonds is 6. The molecule has 0 aliphatic heterocycles. The van der Waals surface area contributed by atoms with Gasteiger partial charge in [-0.1, -0.05) is 0 Å². The third-order valence-corrected chi connectivity index (χ3v) is 2.81. The summed E-state index contributed by atoms with van der Waals surface area (Å²) in [4.78, 5) is 1.33. The molecule has 0 aromatic heterocycles. The topological polar surface area (TPSA) is 39.1 Å². The van der Waals surface area contributed by atoms with E-state index in [0.717, 1.165) is 0 Å². The van der Waals surface area contributed by atoms with Gasteiger partial charge in [0, 0.05) is 12.6 Å². The van der Waals surface area contributed by atoms with E-state index in [0.29, 0.717) is 6.42 Å². The summed E-state index contributed by atoms with van der Waals surface area (Å²) in [7, 11) is 1.63. The maximum Gasteiger partial charge on any atom is 0.401 e. The molecule has 17 heavy (non-hydrogen) atoms. The Labute approximate surface area is 101 Å². The van der Waals surface area contributed by atoms with Crippen LogP contribution in [-0.2, 0) is 0 Å². The molecule has 0 bridgehead atoms. The molecule has 0 fully saturated rings. The first-order valence-electron chi connectivity index (χ1n) is 5.54. The zero-order valence-corrected chi connectivity index (χ0v) is 10.7. The molecule has 0 spiro atoms. The van der Waals surface area contributed by atoms with Crippen molar-refractivity contribution in [3.63, 3.8) is 0 Å². The van der Waals surface area contributed by atoms with E-state index in [4.69, 9.17) is 5.26 Å². The molecule has 0 radical (unpaired) electrons. The Hall–Kier alpha value is -0.800. The van der Waals surface area contributed by atoms with Crippen molar-refractivity contribution in [2.24, 2.45) is 0 Å². The van der Waals surface area contributed by atoms with Crippen LogP contribution >= 0.6 is 0 Å². The predicted molar refractivity (Wildman–Crippen MR) is 60.5 cm³/mol. The van der Waals surface area contributed by atoms with Crippen molar-refractivity contribution in [1.29, 1.82) is 5.26 Å². The molecule has 3 nitrogen and oxygen atoms in total. The van der Waals surface area contributed by atoms with Gasteiger partial charge in [0.15, 0.2) is 0 Å². The van der Waals surface area contributed by atoms with Gasteiger partial charge in [0.25, 0.3) is 0 Å². The van der Waals surface area contributed by atoms with Gasteiger partial charge >= 0.3 is 6.18 Å². The van der Waals surface area contributed by atoms with Gasteiger partial charge in [0.05, 0.1) is 12.6 Å². The van der Waals surface area contributed by atoms with Crippen molar-refractivity contribution in [2.75, 3.05) is 20.1 Å². The van der Waals surface area contributed by atoms with Crippen LogP contribution in [0.15, 0.2) is 0 Å². The average molecular weight is 251 g/mol. The SMILES string of the molecule is CNC(C)(C#N)CCN(CC(F)(F)F)C(C)C. The van der Waals surface area contributed by atoms with Crippen molar-refractivity contribution < 1.29 is 13.2 Å². The molecular weight excluding hydrogens is 231 g/mol. The smallest absolute Gasteiger partial charge is 0.303 e. The van der Waals surface area contributed by atoms with Gasteiger partial charge in [0.1, 0.15) is 5.54 Å². The normalized spacial score (nSPS) is 16.0. The van der Waals surface area contributed by atoms with Crippen LogP contribution in [0.4, 0.5) is 13.2 Å². The van der Waals surface area contributed by atoms with Gasteiger partial charge in [-0.05, 0) is 34.2 Å². The monoisotopic (exact) mass is 251 g/mol. The Morgan fingerprint density at radius 3 is 2.18 bits per heavy atom. The van der Waals surface area contributed by atoms with E-state index in [1.54, 1.807) is 27.8 Å². The summed E-state index contributed by atoms with van der Waals surface area (Å²) >= 11 is 0. The molecule has 1 unspecified atom stereocenters. The van der Waals surface area contributed by atoms with Gasteiger partial charge in [-0.25, -0.2) is 0 Å². The van der Waals surface area contributed by atoms with Crippen molar-refractivity contribution in [2.45, 2.75) is 44.9 Å². The van der Waals surface area contributed by atoms with E-state index >= 15 is 0 Å². The molecular formula is C11H20F3N3. The van der Waals surface area contributed by atoms with E-state index < -0.39 is 18.3 Å². The lowest BCUT2D eigenvalue weighted by atomic mass is 9.99. The first-order valence-corrected chi connectivity index (χ1v) is 5.54. The number of hydrogen-bond donors (Lipinski definition) is 1. The van der Waals surface area contributed by atoms with Crippen LogP contribution in [0.25, 0.3) is 0 Å². The van der Waals surface area contributed by atoms with E-state index in [2.05, 4.69) is 11.4 Å². The third kappa shape index (κ3) is 6.49. The van der Waals surface area contributed by atoms with Crippen LogP contribution in [0, 0.1) is 11.3 Å². The second-order valence-electron chi connectivity index (χ2n) is 4.62. The molecule has 100 valence electrons. The Morgan fingerprint density at radius 1 is 1.35 bits per heavy atom. The lowest BCUT2D eigenvalue weighted by molar-refractivity contribution is -0.150. The van der Waals surface area contributed by atoms with Crippen LogP contribution in [0.3, 0.4) is 0 Å². The highest BCUT2D eigenvalue weighted by molar-refractivity contribution is 5.03. The fourth-order valence-electron chi connectivity index (χ4n) is 1.35. The van der Waals surface area contributed by atoms with Crippen molar-refractivity contribution >= 4 is 0 Å². The van der Waals surface area contributed by atoms with Crippen LogP contribution < -0.4 is 5.32 Å². The van der Waals surface area contributed by atoms with Gasteiger partial charge in [0.2, 0.25) is 0 Å². The van der Waals surface area contributed by atoms with Gasteiger partial charge in [-0.2, -0.15) is 18.4 Å². The summed E-state index contributed by atoms with van der Waals surface area (Å²) < 4.78 is 37.0. The van der Waals surface area contributed by atoms with E-state index in [1.807, 2.05) is 0 Å². The Bertz CT molecular complexity index is 270. The Balaban J connectivity index is 4.44. The summed E-state index contributed by atoms with van der Waals surface area (Å²) in [6.45, 7) is 4.42. The average Bonchev–Trinajstić information content (AvgIpc) is 2.22. The molecule has 0 aromatic rings. The Kier molecular flexibility index (Phi) is 5.93. The fraction of sp³-hybridized carbons (Fsp3) is 0.909. The van der Waals surface area contributed by atoms with Crippen molar-refractivity contribution in [3.05, 3.63) is 0 Å². The van der Waals surface area contributed by atoms with Crippen molar-refractivity contribution in [1.82, 2.24) is 10.2 Å².